The van der Waals surface area contributed by atoms with Gasteiger partial charge in [-0.25, -0.2) is 4.39 Å². The molecule has 3 aromatic rings. The summed E-state index contributed by atoms with van der Waals surface area (Å²) in [6.45, 7) is 1.50. The summed E-state index contributed by atoms with van der Waals surface area (Å²) in [5.41, 5.74) is 2.08. The van der Waals surface area contributed by atoms with Gasteiger partial charge in [0.2, 0.25) is 5.91 Å². The number of ketones is 1. The van der Waals surface area contributed by atoms with Gasteiger partial charge in [0, 0.05) is 23.6 Å². The standard InChI is InChI=1S/C21H19FN2O2/c1-15(25)16-6-10-19(11-7-16)23-21(26)14-20(24-12-2-3-13-24)17-4-8-18(22)9-5-17/h2-13,20H,14H2,1H3,(H,23,26)/t20-/m1/s1. The average molecular weight is 350 g/mol. The quantitative estimate of drug-likeness (QED) is 0.668. The zero-order chi connectivity index (χ0) is 18.5. The highest BCUT2D eigenvalue weighted by molar-refractivity contribution is 5.95. The Labute approximate surface area is 151 Å². The molecule has 1 atom stereocenters. The Hall–Kier alpha value is -3.21. The molecule has 26 heavy (non-hydrogen) atoms. The minimum atomic E-state index is -0.310. The molecule has 0 fully saturated rings. The predicted octanol–water partition coefficient (Wildman–Crippen LogP) is 4.45. The van der Waals surface area contributed by atoms with Crippen molar-refractivity contribution >= 4 is 17.4 Å². The van der Waals surface area contributed by atoms with Crippen LogP contribution in [0.1, 0.15) is 35.3 Å². The van der Waals surface area contributed by atoms with Crippen LogP contribution in [0.25, 0.3) is 0 Å². The third-order valence-corrected chi connectivity index (χ3v) is 4.20. The highest BCUT2D eigenvalue weighted by Gasteiger charge is 2.17. The molecule has 2 aromatic carbocycles. The lowest BCUT2D eigenvalue weighted by Gasteiger charge is -2.19. The van der Waals surface area contributed by atoms with Crippen LogP contribution in [0.4, 0.5) is 10.1 Å². The number of Topliss-reactive ketones (excluding diaryl/α,β-unsaturated/α-hetero) is 1. The summed E-state index contributed by atoms with van der Waals surface area (Å²) in [4.78, 5) is 23.8. The monoisotopic (exact) mass is 350 g/mol. The average Bonchev–Trinajstić information content (AvgIpc) is 3.15. The predicted molar refractivity (Wildman–Crippen MR) is 98.7 cm³/mol. The molecule has 0 bridgehead atoms. The Morgan fingerprint density at radius 1 is 1.00 bits per heavy atom. The molecule has 0 spiro atoms. The second-order valence-electron chi connectivity index (χ2n) is 6.08. The van der Waals surface area contributed by atoms with E-state index in [2.05, 4.69) is 5.32 Å². The maximum atomic E-state index is 13.2. The van der Waals surface area contributed by atoms with Crippen molar-refractivity contribution in [1.82, 2.24) is 4.57 Å². The Balaban J connectivity index is 1.75. The van der Waals surface area contributed by atoms with E-state index in [0.717, 1.165) is 5.56 Å². The number of hydrogen-bond acceptors (Lipinski definition) is 2. The van der Waals surface area contributed by atoms with Crippen LogP contribution in [0.15, 0.2) is 73.1 Å². The van der Waals surface area contributed by atoms with Crippen molar-refractivity contribution in [3.8, 4) is 0 Å². The van der Waals surface area contributed by atoms with E-state index in [1.54, 1.807) is 36.4 Å². The normalized spacial score (nSPS) is 11.8. The summed E-state index contributed by atoms with van der Waals surface area (Å²) in [5, 5.41) is 2.84. The number of carbonyl (C=O) groups excluding carboxylic acids is 2. The zero-order valence-electron chi connectivity index (χ0n) is 14.4. The summed E-state index contributed by atoms with van der Waals surface area (Å²) in [5.74, 6) is -0.495. The summed E-state index contributed by atoms with van der Waals surface area (Å²) >= 11 is 0. The van der Waals surface area contributed by atoms with Gasteiger partial charge in [0.15, 0.2) is 5.78 Å². The molecule has 1 heterocycles. The largest absolute Gasteiger partial charge is 0.346 e. The first kappa shape index (κ1) is 17.6. The number of rotatable bonds is 6. The third kappa shape index (κ3) is 4.25. The van der Waals surface area contributed by atoms with Gasteiger partial charge >= 0.3 is 0 Å². The molecule has 0 aliphatic carbocycles. The first-order chi connectivity index (χ1) is 12.5. The molecule has 0 saturated heterocycles. The minimum absolute atomic E-state index is 0.0214. The smallest absolute Gasteiger partial charge is 0.226 e. The van der Waals surface area contributed by atoms with Crippen molar-refractivity contribution in [2.24, 2.45) is 0 Å². The minimum Gasteiger partial charge on any atom is -0.346 e. The maximum Gasteiger partial charge on any atom is 0.226 e. The van der Waals surface area contributed by atoms with E-state index >= 15 is 0 Å². The lowest BCUT2D eigenvalue weighted by molar-refractivity contribution is -0.116. The van der Waals surface area contributed by atoms with Gasteiger partial charge < -0.3 is 9.88 Å². The summed E-state index contributed by atoms with van der Waals surface area (Å²) in [7, 11) is 0. The fraction of sp³-hybridized carbons (Fsp3) is 0.143. The lowest BCUT2D eigenvalue weighted by atomic mass is 10.0. The molecule has 0 unspecified atom stereocenters. The molecule has 0 aliphatic rings. The molecular formula is C21H19FN2O2. The van der Waals surface area contributed by atoms with Crippen LogP contribution < -0.4 is 5.32 Å². The van der Waals surface area contributed by atoms with Gasteiger partial charge in [0.05, 0.1) is 12.5 Å². The van der Waals surface area contributed by atoms with Gasteiger partial charge in [0.1, 0.15) is 5.82 Å². The van der Waals surface area contributed by atoms with Crippen LogP contribution in [0.5, 0.6) is 0 Å². The highest BCUT2D eigenvalue weighted by atomic mass is 19.1. The van der Waals surface area contributed by atoms with Gasteiger partial charge in [-0.2, -0.15) is 0 Å². The third-order valence-electron chi connectivity index (χ3n) is 4.20. The molecule has 4 nitrogen and oxygen atoms in total. The molecular weight excluding hydrogens is 331 g/mol. The molecule has 0 saturated carbocycles. The van der Waals surface area contributed by atoms with Crippen molar-refractivity contribution in [2.45, 2.75) is 19.4 Å². The summed E-state index contributed by atoms with van der Waals surface area (Å²) in [6, 6.07) is 16.5. The van der Waals surface area contributed by atoms with Crippen molar-refractivity contribution in [3.63, 3.8) is 0 Å². The fourth-order valence-electron chi connectivity index (χ4n) is 2.81. The molecule has 1 amide bonds. The molecule has 1 aromatic heterocycles. The lowest BCUT2D eigenvalue weighted by Crippen LogP contribution is -2.19. The Bertz CT molecular complexity index is 885. The van der Waals surface area contributed by atoms with Crippen molar-refractivity contribution in [3.05, 3.63) is 90.0 Å². The van der Waals surface area contributed by atoms with Gasteiger partial charge in [-0.15, -0.1) is 0 Å². The number of carbonyl (C=O) groups is 2. The highest BCUT2D eigenvalue weighted by Crippen LogP contribution is 2.23. The molecule has 0 radical (unpaired) electrons. The van der Waals surface area contributed by atoms with E-state index < -0.39 is 0 Å². The van der Waals surface area contributed by atoms with Crippen LogP contribution in [-0.2, 0) is 4.79 Å². The van der Waals surface area contributed by atoms with Crippen LogP contribution in [0.3, 0.4) is 0 Å². The number of benzene rings is 2. The van der Waals surface area contributed by atoms with Crippen LogP contribution in [0, 0.1) is 5.82 Å². The molecule has 3 rings (SSSR count). The Morgan fingerprint density at radius 2 is 1.62 bits per heavy atom. The van der Waals surface area contributed by atoms with Gasteiger partial charge in [0.25, 0.3) is 0 Å². The van der Waals surface area contributed by atoms with Crippen LogP contribution in [0.2, 0.25) is 0 Å². The summed E-state index contributed by atoms with van der Waals surface area (Å²) in [6.07, 6.45) is 3.96. The van der Waals surface area contributed by atoms with Crippen LogP contribution >= 0.6 is 0 Å². The van der Waals surface area contributed by atoms with Gasteiger partial charge in [-0.3, -0.25) is 9.59 Å². The fourth-order valence-corrected chi connectivity index (χ4v) is 2.81. The number of nitrogens with zero attached hydrogens (tertiary/aromatic N) is 1. The van der Waals surface area contributed by atoms with E-state index in [1.165, 1.54) is 19.1 Å². The summed E-state index contributed by atoms with van der Waals surface area (Å²) < 4.78 is 15.1. The van der Waals surface area contributed by atoms with Crippen LogP contribution in [-0.4, -0.2) is 16.3 Å². The van der Waals surface area contributed by atoms with E-state index in [0.29, 0.717) is 11.3 Å². The van der Waals surface area contributed by atoms with Gasteiger partial charge in [-0.1, -0.05) is 12.1 Å². The molecule has 1 N–H and O–H groups in total. The van der Waals surface area contributed by atoms with Crippen molar-refractivity contribution in [2.75, 3.05) is 5.32 Å². The number of hydrogen-bond donors (Lipinski definition) is 1. The van der Waals surface area contributed by atoms with E-state index in [1.807, 2.05) is 29.1 Å². The SMILES string of the molecule is CC(=O)c1ccc(NC(=O)C[C@H](c2ccc(F)cc2)n2cccc2)cc1. The number of aromatic nitrogens is 1. The number of halogens is 1. The number of amides is 1. The van der Waals surface area contributed by atoms with E-state index in [4.69, 9.17) is 0 Å². The number of anilines is 1. The second-order valence-corrected chi connectivity index (χ2v) is 6.08. The van der Waals surface area contributed by atoms with Gasteiger partial charge in [-0.05, 0) is 61.0 Å². The second kappa shape index (κ2) is 7.78. The first-order valence-corrected chi connectivity index (χ1v) is 8.32. The van der Waals surface area contributed by atoms with Crippen molar-refractivity contribution < 1.29 is 14.0 Å². The van der Waals surface area contributed by atoms with E-state index in [9.17, 15) is 14.0 Å². The molecule has 5 heteroatoms. The number of nitrogens with one attached hydrogen (secondary N) is 1. The van der Waals surface area contributed by atoms with Crippen molar-refractivity contribution in [1.29, 1.82) is 0 Å². The first-order valence-electron chi connectivity index (χ1n) is 8.32. The molecule has 0 aliphatic heterocycles. The topological polar surface area (TPSA) is 51.1 Å². The maximum absolute atomic E-state index is 13.2. The molecule has 132 valence electrons. The Kier molecular flexibility index (Phi) is 5.27. The zero-order valence-corrected chi connectivity index (χ0v) is 14.4. The Morgan fingerprint density at radius 3 is 2.19 bits per heavy atom. The van der Waals surface area contributed by atoms with E-state index in [-0.39, 0.29) is 30.0 Å².